The number of hydrogen-bond acceptors (Lipinski definition) is 0. The zero-order valence-corrected chi connectivity index (χ0v) is 9.93. The average molecular weight is 190 g/mol. The van der Waals surface area contributed by atoms with Crippen molar-refractivity contribution in [2.75, 3.05) is 0 Å². The highest BCUT2D eigenvalue weighted by Gasteiger charge is 1.99. The van der Waals surface area contributed by atoms with Crippen molar-refractivity contribution in [2.24, 2.45) is 0 Å². The highest BCUT2D eigenvalue weighted by atomic mass is 14.0. The first kappa shape index (κ1) is 13.0. The summed E-state index contributed by atoms with van der Waals surface area (Å²) < 4.78 is 0. The molecule has 0 aliphatic carbocycles. The van der Waals surface area contributed by atoms with Crippen molar-refractivity contribution in [3.05, 3.63) is 47.6 Å². The Morgan fingerprint density at radius 1 is 1.21 bits per heavy atom. The molecule has 0 spiro atoms. The quantitative estimate of drug-likeness (QED) is 0.431. The molecular weight excluding hydrogens is 168 g/mol. The van der Waals surface area contributed by atoms with Crippen LogP contribution in [0.5, 0.6) is 0 Å². The fourth-order valence-electron chi connectivity index (χ4n) is 1.33. The maximum atomic E-state index is 3.77. The summed E-state index contributed by atoms with van der Waals surface area (Å²) in [4.78, 5) is 0. The molecule has 0 rings (SSSR count). The molecule has 0 saturated carbocycles. The van der Waals surface area contributed by atoms with Crippen molar-refractivity contribution in [2.45, 2.75) is 40.5 Å². The minimum Gasteiger partial charge on any atom is -0.103 e. The van der Waals surface area contributed by atoms with Gasteiger partial charge in [-0.1, -0.05) is 35.5 Å². The first-order chi connectivity index (χ1) is 6.65. The van der Waals surface area contributed by atoms with Gasteiger partial charge in [0.25, 0.3) is 0 Å². The molecule has 0 fully saturated rings. The van der Waals surface area contributed by atoms with E-state index in [9.17, 15) is 0 Å². The Morgan fingerprint density at radius 3 is 2.21 bits per heavy atom. The van der Waals surface area contributed by atoms with Crippen LogP contribution in [0.2, 0.25) is 0 Å². The van der Waals surface area contributed by atoms with E-state index >= 15 is 0 Å². The Morgan fingerprint density at radius 2 is 1.86 bits per heavy atom. The van der Waals surface area contributed by atoms with Crippen LogP contribution in [-0.2, 0) is 0 Å². The molecule has 0 N–H and O–H groups in total. The van der Waals surface area contributed by atoms with E-state index in [0.717, 1.165) is 12.8 Å². The van der Waals surface area contributed by atoms with Crippen molar-refractivity contribution >= 4 is 0 Å². The predicted octanol–water partition coefficient (Wildman–Crippen LogP) is 4.81. The number of hydrogen-bond donors (Lipinski definition) is 0. The molecule has 0 heterocycles. The summed E-state index contributed by atoms with van der Waals surface area (Å²) in [5, 5.41) is 0. The molecule has 0 nitrogen and oxygen atoms in total. The smallest absolute Gasteiger partial charge is 0.00649 e. The van der Waals surface area contributed by atoms with Crippen molar-refractivity contribution in [1.82, 2.24) is 0 Å². The SMILES string of the molecule is C=CCC(=CC)CC(C=CC)=C(C)C. The lowest BCUT2D eigenvalue weighted by Gasteiger charge is -2.07. The summed E-state index contributed by atoms with van der Waals surface area (Å²) in [6.07, 6.45) is 10.5. The van der Waals surface area contributed by atoms with Crippen molar-refractivity contribution in [1.29, 1.82) is 0 Å². The van der Waals surface area contributed by atoms with Gasteiger partial charge in [0.15, 0.2) is 0 Å². The minimum atomic E-state index is 0.991. The van der Waals surface area contributed by atoms with Crippen LogP contribution in [0.25, 0.3) is 0 Å². The molecule has 0 radical (unpaired) electrons. The molecule has 0 unspecified atom stereocenters. The Labute approximate surface area is 88.7 Å². The van der Waals surface area contributed by atoms with Gasteiger partial charge in [0.1, 0.15) is 0 Å². The molecule has 0 aliphatic rings. The second-order valence-electron chi connectivity index (χ2n) is 3.64. The summed E-state index contributed by atoms with van der Waals surface area (Å²) in [6.45, 7) is 12.3. The largest absolute Gasteiger partial charge is 0.103 e. The molecule has 0 amide bonds. The van der Waals surface area contributed by atoms with E-state index in [2.05, 4.69) is 52.5 Å². The van der Waals surface area contributed by atoms with Gasteiger partial charge in [0.2, 0.25) is 0 Å². The van der Waals surface area contributed by atoms with Gasteiger partial charge in [-0.2, -0.15) is 0 Å². The first-order valence-electron chi connectivity index (χ1n) is 5.19. The van der Waals surface area contributed by atoms with Gasteiger partial charge >= 0.3 is 0 Å². The van der Waals surface area contributed by atoms with Crippen LogP contribution in [0.3, 0.4) is 0 Å². The first-order valence-corrected chi connectivity index (χ1v) is 5.19. The highest BCUT2D eigenvalue weighted by Crippen LogP contribution is 2.19. The number of allylic oxidation sites excluding steroid dienone is 7. The summed E-state index contributed by atoms with van der Waals surface area (Å²) in [5.41, 5.74) is 4.25. The summed E-state index contributed by atoms with van der Waals surface area (Å²) in [6, 6.07) is 0. The molecular formula is C14H22. The van der Waals surface area contributed by atoms with Gasteiger partial charge in [0, 0.05) is 0 Å². The standard InChI is InChI=1S/C14H22/c1-6-9-13(8-3)11-14(10-7-2)12(4)5/h6-8,10H,1,9,11H2,2-5H3. The van der Waals surface area contributed by atoms with E-state index < -0.39 is 0 Å². The van der Waals surface area contributed by atoms with E-state index in [1.807, 2.05) is 6.08 Å². The Kier molecular flexibility index (Phi) is 6.82. The fraction of sp³-hybridized carbons (Fsp3) is 0.429. The second-order valence-corrected chi connectivity index (χ2v) is 3.64. The molecule has 0 aromatic heterocycles. The monoisotopic (exact) mass is 190 g/mol. The van der Waals surface area contributed by atoms with Gasteiger partial charge in [-0.25, -0.2) is 0 Å². The van der Waals surface area contributed by atoms with E-state index in [1.54, 1.807) is 0 Å². The highest BCUT2D eigenvalue weighted by molar-refractivity contribution is 5.29. The maximum Gasteiger partial charge on any atom is -0.00649 e. The van der Waals surface area contributed by atoms with Crippen LogP contribution in [0.1, 0.15) is 40.5 Å². The Balaban J connectivity index is 4.60. The summed E-state index contributed by atoms with van der Waals surface area (Å²) in [7, 11) is 0. The van der Waals surface area contributed by atoms with Crippen LogP contribution >= 0.6 is 0 Å². The molecule has 0 atom stereocenters. The molecule has 14 heavy (non-hydrogen) atoms. The topological polar surface area (TPSA) is 0 Å². The van der Waals surface area contributed by atoms with Gasteiger partial charge in [-0.05, 0) is 46.1 Å². The van der Waals surface area contributed by atoms with Gasteiger partial charge < -0.3 is 0 Å². The van der Waals surface area contributed by atoms with E-state index in [-0.39, 0.29) is 0 Å². The average Bonchev–Trinajstić information content (AvgIpc) is 2.15. The Hall–Kier alpha value is -1.04. The summed E-state index contributed by atoms with van der Waals surface area (Å²) in [5.74, 6) is 0. The van der Waals surface area contributed by atoms with Crippen LogP contribution in [0, 0.1) is 0 Å². The minimum absolute atomic E-state index is 0.991. The predicted molar refractivity (Wildman–Crippen MR) is 66.4 cm³/mol. The third kappa shape index (κ3) is 4.86. The van der Waals surface area contributed by atoms with Crippen LogP contribution < -0.4 is 0 Å². The van der Waals surface area contributed by atoms with E-state index in [4.69, 9.17) is 0 Å². The lowest BCUT2D eigenvalue weighted by atomic mass is 9.99. The van der Waals surface area contributed by atoms with Crippen molar-refractivity contribution in [3.63, 3.8) is 0 Å². The van der Waals surface area contributed by atoms with E-state index in [0.29, 0.717) is 0 Å². The van der Waals surface area contributed by atoms with Gasteiger partial charge in [0.05, 0.1) is 0 Å². The maximum absolute atomic E-state index is 3.77. The second kappa shape index (κ2) is 7.37. The zero-order valence-electron chi connectivity index (χ0n) is 9.93. The Bertz CT molecular complexity index is 258. The lowest BCUT2D eigenvalue weighted by Crippen LogP contribution is -1.87. The van der Waals surface area contributed by atoms with Gasteiger partial charge in [-0.3, -0.25) is 0 Å². The van der Waals surface area contributed by atoms with E-state index in [1.165, 1.54) is 16.7 Å². The van der Waals surface area contributed by atoms with Crippen molar-refractivity contribution in [3.8, 4) is 0 Å². The molecule has 0 aromatic carbocycles. The van der Waals surface area contributed by atoms with Crippen LogP contribution in [0.15, 0.2) is 47.6 Å². The zero-order chi connectivity index (χ0) is 11.0. The third-order valence-corrected chi connectivity index (χ3v) is 2.24. The van der Waals surface area contributed by atoms with Gasteiger partial charge in [-0.15, -0.1) is 6.58 Å². The lowest BCUT2D eigenvalue weighted by molar-refractivity contribution is 1.04. The molecule has 78 valence electrons. The molecule has 0 bridgehead atoms. The molecule has 0 aliphatic heterocycles. The summed E-state index contributed by atoms with van der Waals surface area (Å²) >= 11 is 0. The fourth-order valence-corrected chi connectivity index (χ4v) is 1.33. The van der Waals surface area contributed by atoms with Crippen LogP contribution in [0.4, 0.5) is 0 Å². The van der Waals surface area contributed by atoms with Crippen LogP contribution in [-0.4, -0.2) is 0 Å². The molecule has 0 heteroatoms. The molecule has 0 saturated heterocycles. The van der Waals surface area contributed by atoms with Crippen molar-refractivity contribution < 1.29 is 0 Å². The normalized spacial score (nSPS) is 11.9. The third-order valence-electron chi connectivity index (χ3n) is 2.24. The molecule has 0 aromatic rings. The number of rotatable bonds is 5.